The van der Waals surface area contributed by atoms with Gasteiger partial charge in [-0.2, -0.15) is 0 Å². The van der Waals surface area contributed by atoms with Gasteiger partial charge in [0.15, 0.2) is 0 Å². The second-order valence-electron chi connectivity index (χ2n) is 7.39. The van der Waals surface area contributed by atoms with Crippen molar-refractivity contribution in [3.8, 4) is 0 Å². The molecule has 4 aliphatic carbocycles. The number of rotatable bonds is 4. The summed E-state index contributed by atoms with van der Waals surface area (Å²) in [7, 11) is 1.72. The van der Waals surface area contributed by atoms with Gasteiger partial charge in [0.1, 0.15) is 5.60 Å². The number of ether oxygens (including phenoxy) is 2. The molecule has 4 rings (SSSR count). The van der Waals surface area contributed by atoms with Crippen LogP contribution in [0.1, 0.15) is 58.3 Å². The Bertz CT molecular complexity index is 424. The van der Waals surface area contributed by atoms with E-state index in [2.05, 4.69) is 12.2 Å². The van der Waals surface area contributed by atoms with Gasteiger partial charge in [0, 0.05) is 7.11 Å². The third kappa shape index (κ3) is 2.54. The van der Waals surface area contributed by atoms with Gasteiger partial charge in [-0.25, -0.2) is 0 Å². The van der Waals surface area contributed by atoms with Gasteiger partial charge >= 0.3 is 5.97 Å². The lowest BCUT2D eigenvalue weighted by Gasteiger charge is -2.52. The molecule has 0 saturated heterocycles. The minimum atomic E-state index is -0.520. The molecule has 0 aromatic heterocycles. The first-order valence-electron chi connectivity index (χ1n) is 8.51. The van der Waals surface area contributed by atoms with Crippen molar-refractivity contribution in [1.82, 2.24) is 0 Å². The summed E-state index contributed by atoms with van der Waals surface area (Å²) in [6, 6.07) is 0. The Hall–Kier alpha value is -0.830. The minimum Gasteiger partial charge on any atom is -0.465 e. The van der Waals surface area contributed by atoms with Crippen LogP contribution in [0.15, 0.2) is 12.2 Å². The molecule has 3 atom stereocenters. The van der Waals surface area contributed by atoms with Crippen LogP contribution in [0.4, 0.5) is 0 Å². The molecule has 2 bridgehead atoms. The molecule has 118 valence electrons. The second-order valence-corrected chi connectivity index (χ2v) is 7.39. The van der Waals surface area contributed by atoms with E-state index in [4.69, 9.17) is 9.47 Å². The quantitative estimate of drug-likeness (QED) is 0.583. The first kappa shape index (κ1) is 15.1. The van der Waals surface area contributed by atoms with E-state index in [-0.39, 0.29) is 5.97 Å². The zero-order valence-electron chi connectivity index (χ0n) is 13.4. The highest BCUT2D eigenvalue weighted by atomic mass is 16.5. The van der Waals surface area contributed by atoms with E-state index in [1.807, 2.05) is 6.92 Å². The van der Waals surface area contributed by atoms with Crippen molar-refractivity contribution in [2.75, 3.05) is 13.7 Å². The Morgan fingerprint density at radius 3 is 2.62 bits per heavy atom. The third-order valence-electron chi connectivity index (χ3n) is 6.12. The molecular weight excluding hydrogens is 264 g/mol. The highest BCUT2D eigenvalue weighted by molar-refractivity contribution is 5.79. The molecule has 2 fully saturated rings. The fourth-order valence-electron chi connectivity index (χ4n) is 4.56. The molecule has 2 saturated carbocycles. The van der Waals surface area contributed by atoms with Crippen molar-refractivity contribution in [3.05, 3.63) is 12.2 Å². The SMILES string of the molecule is COC12C=CC(CC1)CC2(C)C(=O)OCC1CCCCC1. The molecule has 0 radical (unpaired) electrons. The molecular formula is C18H28O3. The average molecular weight is 292 g/mol. The van der Waals surface area contributed by atoms with E-state index < -0.39 is 11.0 Å². The second kappa shape index (κ2) is 5.75. The molecule has 4 aliphatic rings. The fourth-order valence-corrected chi connectivity index (χ4v) is 4.56. The first-order chi connectivity index (χ1) is 10.1. The summed E-state index contributed by atoms with van der Waals surface area (Å²) in [6.45, 7) is 2.64. The first-order valence-corrected chi connectivity index (χ1v) is 8.51. The lowest BCUT2D eigenvalue weighted by Crippen LogP contribution is -2.58. The number of carbonyl (C=O) groups excluding carboxylic acids is 1. The van der Waals surface area contributed by atoms with Crippen molar-refractivity contribution in [3.63, 3.8) is 0 Å². The van der Waals surface area contributed by atoms with Gasteiger partial charge in [-0.3, -0.25) is 4.79 Å². The number of esters is 1. The molecule has 0 N–H and O–H groups in total. The van der Waals surface area contributed by atoms with Crippen LogP contribution < -0.4 is 0 Å². The summed E-state index contributed by atoms with van der Waals surface area (Å²) in [4.78, 5) is 12.8. The molecule has 21 heavy (non-hydrogen) atoms. The highest BCUT2D eigenvalue weighted by Crippen LogP contribution is 2.54. The fraction of sp³-hybridized carbons (Fsp3) is 0.833. The van der Waals surface area contributed by atoms with Crippen LogP contribution in [0.2, 0.25) is 0 Å². The third-order valence-corrected chi connectivity index (χ3v) is 6.12. The van der Waals surface area contributed by atoms with Crippen molar-refractivity contribution >= 4 is 5.97 Å². The molecule has 0 aromatic rings. The summed E-state index contributed by atoms with van der Waals surface area (Å²) in [5.74, 6) is 1.03. The number of hydrogen-bond acceptors (Lipinski definition) is 3. The molecule has 0 aromatic carbocycles. The van der Waals surface area contributed by atoms with Gasteiger partial charge in [0.2, 0.25) is 0 Å². The van der Waals surface area contributed by atoms with Gasteiger partial charge in [0.25, 0.3) is 0 Å². The van der Waals surface area contributed by atoms with Crippen LogP contribution in [0.3, 0.4) is 0 Å². The average Bonchev–Trinajstić information content (AvgIpc) is 2.54. The van der Waals surface area contributed by atoms with Crippen LogP contribution in [0.25, 0.3) is 0 Å². The molecule has 0 amide bonds. The predicted octanol–water partition coefficient (Wildman–Crippen LogP) is 3.87. The topological polar surface area (TPSA) is 35.5 Å². The van der Waals surface area contributed by atoms with Gasteiger partial charge in [-0.1, -0.05) is 31.4 Å². The Morgan fingerprint density at radius 1 is 1.24 bits per heavy atom. The van der Waals surface area contributed by atoms with E-state index in [9.17, 15) is 4.79 Å². The predicted molar refractivity (Wildman–Crippen MR) is 81.9 cm³/mol. The van der Waals surface area contributed by atoms with Gasteiger partial charge in [-0.15, -0.1) is 0 Å². The van der Waals surface area contributed by atoms with Crippen LogP contribution in [0, 0.1) is 17.3 Å². The van der Waals surface area contributed by atoms with Crippen molar-refractivity contribution < 1.29 is 14.3 Å². The zero-order chi connectivity index (χ0) is 14.9. The van der Waals surface area contributed by atoms with Crippen LogP contribution >= 0.6 is 0 Å². The lowest BCUT2D eigenvalue weighted by molar-refractivity contribution is -0.183. The number of methoxy groups -OCH3 is 1. The summed E-state index contributed by atoms with van der Waals surface area (Å²) < 4.78 is 11.6. The maximum atomic E-state index is 12.8. The van der Waals surface area contributed by atoms with Crippen molar-refractivity contribution in [2.45, 2.75) is 63.9 Å². The molecule has 3 heteroatoms. The molecule has 3 unspecified atom stereocenters. The minimum absolute atomic E-state index is 0.0519. The van der Waals surface area contributed by atoms with E-state index in [1.165, 1.54) is 32.1 Å². The van der Waals surface area contributed by atoms with E-state index in [0.717, 1.165) is 19.3 Å². The number of hydrogen-bond donors (Lipinski definition) is 0. The Labute approximate surface area is 128 Å². The smallest absolute Gasteiger partial charge is 0.315 e. The molecule has 0 heterocycles. The van der Waals surface area contributed by atoms with Gasteiger partial charge in [-0.05, 0) is 50.9 Å². The molecule has 0 spiro atoms. The Morgan fingerprint density at radius 2 is 2.00 bits per heavy atom. The van der Waals surface area contributed by atoms with Crippen LogP contribution in [-0.2, 0) is 14.3 Å². The maximum Gasteiger partial charge on any atom is 0.315 e. The monoisotopic (exact) mass is 292 g/mol. The number of fused-ring (bicyclic) bond motifs is 2. The molecule has 0 aliphatic heterocycles. The van der Waals surface area contributed by atoms with Gasteiger partial charge < -0.3 is 9.47 Å². The standard InChI is InChI=1S/C18H28O3/c1-17(12-14-8-10-18(17,20-2)11-9-14)16(19)21-13-15-6-4-3-5-7-15/h8,10,14-15H,3-7,9,11-13H2,1-2H3. The summed E-state index contributed by atoms with van der Waals surface area (Å²) in [5.41, 5.74) is -0.973. The van der Waals surface area contributed by atoms with Crippen LogP contribution in [-0.4, -0.2) is 25.3 Å². The van der Waals surface area contributed by atoms with E-state index in [1.54, 1.807) is 7.11 Å². The maximum absolute atomic E-state index is 12.8. The van der Waals surface area contributed by atoms with E-state index in [0.29, 0.717) is 18.4 Å². The van der Waals surface area contributed by atoms with E-state index >= 15 is 0 Å². The Balaban J connectivity index is 1.66. The largest absolute Gasteiger partial charge is 0.465 e. The van der Waals surface area contributed by atoms with Crippen molar-refractivity contribution in [2.24, 2.45) is 17.3 Å². The summed E-state index contributed by atoms with van der Waals surface area (Å²) in [5, 5.41) is 0. The zero-order valence-corrected chi connectivity index (χ0v) is 13.4. The van der Waals surface area contributed by atoms with Crippen molar-refractivity contribution in [1.29, 1.82) is 0 Å². The highest BCUT2D eigenvalue weighted by Gasteiger charge is 2.58. The summed E-state index contributed by atoms with van der Waals surface area (Å²) >= 11 is 0. The Kier molecular flexibility index (Phi) is 4.13. The number of carbonyl (C=O) groups is 1. The lowest BCUT2D eigenvalue weighted by atomic mass is 9.57. The normalized spacial score (nSPS) is 39.4. The van der Waals surface area contributed by atoms with Crippen LogP contribution in [0.5, 0.6) is 0 Å². The summed E-state index contributed by atoms with van der Waals surface area (Å²) in [6.07, 6.45) is 13.6. The number of allylic oxidation sites excluding steroid dienone is 1. The van der Waals surface area contributed by atoms with Gasteiger partial charge in [0.05, 0.1) is 12.0 Å². The molecule has 3 nitrogen and oxygen atoms in total.